The molecule has 0 aromatic rings. The topological polar surface area (TPSA) is 83.0 Å². The molecule has 0 saturated heterocycles. The number of hydrogen-bond acceptors (Lipinski definition) is 4. The zero-order valence-electron chi connectivity index (χ0n) is 13.7. The number of guanidine groups is 1. The summed E-state index contributed by atoms with van der Waals surface area (Å²) in [5.41, 5.74) is 0. The Bertz CT molecular complexity index is 427. The normalized spacial score (nSPS) is 15.3. The van der Waals surface area contributed by atoms with Crippen LogP contribution in [-0.4, -0.2) is 72.0 Å². The van der Waals surface area contributed by atoms with E-state index in [4.69, 9.17) is 4.74 Å². The minimum absolute atomic E-state index is 0. The largest absolute Gasteiger partial charge is 0.379 e. The number of hydrogen-bond donors (Lipinski definition) is 2. The van der Waals surface area contributed by atoms with Crippen LogP contribution in [0.5, 0.6) is 0 Å². The molecule has 0 aromatic heterocycles. The van der Waals surface area contributed by atoms with Gasteiger partial charge < -0.3 is 15.0 Å². The number of halogens is 1. The highest BCUT2D eigenvalue weighted by Crippen LogP contribution is 2.28. The number of nitrogens with one attached hydrogen (secondary N) is 2. The van der Waals surface area contributed by atoms with Gasteiger partial charge in [0.2, 0.25) is 10.0 Å². The van der Waals surface area contributed by atoms with E-state index in [1.165, 1.54) is 12.8 Å². The van der Waals surface area contributed by atoms with Crippen LogP contribution >= 0.6 is 24.0 Å². The molecule has 0 unspecified atom stereocenters. The monoisotopic (exact) mass is 448 g/mol. The van der Waals surface area contributed by atoms with Crippen LogP contribution in [-0.2, 0) is 14.8 Å². The quantitative estimate of drug-likeness (QED) is 0.220. The molecule has 7 nitrogen and oxygen atoms in total. The van der Waals surface area contributed by atoms with Crippen LogP contribution in [0, 0.1) is 5.92 Å². The van der Waals surface area contributed by atoms with Crippen molar-refractivity contribution in [3.63, 3.8) is 0 Å². The minimum atomic E-state index is -3.15. The number of likely N-dealkylation sites (N-methyl/N-ethyl adjacent to an activating group) is 1. The second kappa shape index (κ2) is 11.4. The number of aliphatic imine (C=N–C) groups is 1. The fourth-order valence-electron chi connectivity index (χ4n) is 1.70. The maximum absolute atomic E-state index is 11.0. The standard InChI is InChI=1S/C13H28N4O3S.HI/c1-4-14-13(15-7-8-16-21(3,18)19)17(2)9-10-20-11-12-5-6-12;/h12,16H,4-11H2,1-3H3,(H,14,15);1H. The zero-order chi connectivity index (χ0) is 15.7. The predicted molar refractivity (Wildman–Crippen MR) is 100 cm³/mol. The van der Waals surface area contributed by atoms with E-state index in [1.807, 2.05) is 18.9 Å². The lowest BCUT2D eigenvalue weighted by atomic mass is 10.5. The van der Waals surface area contributed by atoms with Gasteiger partial charge in [0, 0.05) is 33.3 Å². The fourth-order valence-corrected chi connectivity index (χ4v) is 2.17. The molecule has 0 amide bonds. The van der Waals surface area contributed by atoms with Crippen LogP contribution in [0.2, 0.25) is 0 Å². The maximum Gasteiger partial charge on any atom is 0.208 e. The van der Waals surface area contributed by atoms with E-state index in [1.54, 1.807) is 0 Å². The van der Waals surface area contributed by atoms with E-state index in [0.717, 1.165) is 37.8 Å². The molecule has 0 aliphatic heterocycles. The third-order valence-electron chi connectivity index (χ3n) is 3.06. The van der Waals surface area contributed by atoms with Gasteiger partial charge in [-0.05, 0) is 25.7 Å². The minimum Gasteiger partial charge on any atom is -0.379 e. The smallest absolute Gasteiger partial charge is 0.208 e. The van der Waals surface area contributed by atoms with E-state index < -0.39 is 10.0 Å². The van der Waals surface area contributed by atoms with E-state index in [9.17, 15) is 8.42 Å². The molecule has 0 bridgehead atoms. The Morgan fingerprint density at radius 1 is 1.41 bits per heavy atom. The Kier molecular flexibility index (Phi) is 11.3. The van der Waals surface area contributed by atoms with Gasteiger partial charge in [-0.2, -0.15) is 0 Å². The van der Waals surface area contributed by atoms with Gasteiger partial charge in [-0.25, -0.2) is 13.1 Å². The summed E-state index contributed by atoms with van der Waals surface area (Å²) in [4.78, 5) is 6.39. The Labute approximate surface area is 151 Å². The summed E-state index contributed by atoms with van der Waals surface area (Å²) in [5, 5.41) is 3.19. The highest BCUT2D eigenvalue weighted by molar-refractivity contribution is 14.0. The highest BCUT2D eigenvalue weighted by atomic mass is 127. The van der Waals surface area contributed by atoms with Crippen LogP contribution in [0.1, 0.15) is 19.8 Å². The molecule has 22 heavy (non-hydrogen) atoms. The Hall–Kier alpha value is -0.130. The number of nitrogens with zero attached hydrogens (tertiary/aromatic N) is 2. The molecule has 1 fully saturated rings. The second-order valence-corrected chi connectivity index (χ2v) is 7.18. The third-order valence-corrected chi connectivity index (χ3v) is 3.78. The first-order chi connectivity index (χ1) is 9.92. The van der Waals surface area contributed by atoms with Crippen molar-refractivity contribution >= 4 is 40.0 Å². The molecule has 2 N–H and O–H groups in total. The molecule has 0 heterocycles. The van der Waals surface area contributed by atoms with Crippen molar-refractivity contribution in [1.82, 2.24) is 14.9 Å². The van der Waals surface area contributed by atoms with Crippen LogP contribution < -0.4 is 10.0 Å². The summed E-state index contributed by atoms with van der Waals surface area (Å²) in [7, 11) is -1.20. The fraction of sp³-hybridized carbons (Fsp3) is 0.923. The van der Waals surface area contributed by atoms with Crippen LogP contribution in [0.4, 0.5) is 0 Å². The number of rotatable bonds is 10. The molecular formula is C13H29IN4O3S. The van der Waals surface area contributed by atoms with Crippen molar-refractivity contribution in [2.24, 2.45) is 10.9 Å². The third kappa shape index (κ3) is 11.4. The van der Waals surface area contributed by atoms with Gasteiger partial charge in [0.05, 0.1) is 19.4 Å². The summed E-state index contributed by atoms with van der Waals surface area (Å²) in [6, 6.07) is 0. The van der Waals surface area contributed by atoms with Crippen molar-refractivity contribution in [1.29, 1.82) is 0 Å². The van der Waals surface area contributed by atoms with Gasteiger partial charge in [-0.3, -0.25) is 4.99 Å². The van der Waals surface area contributed by atoms with Crippen molar-refractivity contribution < 1.29 is 13.2 Å². The lowest BCUT2D eigenvalue weighted by Gasteiger charge is -2.22. The molecule has 1 aliphatic rings. The zero-order valence-corrected chi connectivity index (χ0v) is 16.8. The molecule has 132 valence electrons. The van der Waals surface area contributed by atoms with Gasteiger partial charge in [0.25, 0.3) is 0 Å². The van der Waals surface area contributed by atoms with E-state index in [0.29, 0.717) is 19.7 Å². The second-order valence-electron chi connectivity index (χ2n) is 5.34. The van der Waals surface area contributed by atoms with E-state index in [2.05, 4.69) is 15.0 Å². The lowest BCUT2D eigenvalue weighted by molar-refractivity contribution is 0.115. The molecule has 1 aliphatic carbocycles. The molecule has 0 radical (unpaired) electrons. The van der Waals surface area contributed by atoms with Crippen molar-refractivity contribution in [2.45, 2.75) is 19.8 Å². The molecular weight excluding hydrogens is 419 g/mol. The van der Waals surface area contributed by atoms with Gasteiger partial charge >= 0.3 is 0 Å². The molecule has 9 heteroatoms. The predicted octanol–water partition coefficient (Wildman–Crippen LogP) is 0.478. The van der Waals surface area contributed by atoms with Crippen LogP contribution in [0.3, 0.4) is 0 Å². The van der Waals surface area contributed by atoms with Crippen molar-refractivity contribution in [3.05, 3.63) is 0 Å². The Morgan fingerprint density at radius 3 is 2.64 bits per heavy atom. The van der Waals surface area contributed by atoms with Gasteiger partial charge in [-0.15, -0.1) is 24.0 Å². The first-order valence-electron chi connectivity index (χ1n) is 7.44. The summed E-state index contributed by atoms with van der Waals surface area (Å²) in [5.74, 6) is 1.54. The first kappa shape index (κ1) is 21.9. The SMILES string of the molecule is CCNC(=NCCNS(C)(=O)=O)N(C)CCOCC1CC1.I. The molecule has 1 saturated carbocycles. The van der Waals surface area contributed by atoms with Crippen molar-refractivity contribution in [3.8, 4) is 0 Å². The molecule has 0 atom stereocenters. The first-order valence-corrected chi connectivity index (χ1v) is 9.33. The average Bonchev–Trinajstić information content (AvgIpc) is 3.21. The summed E-state index contributed by atoms with van der Waals surface area (Å²) < 4.78 is 30.0. The molecule has 1 rings (SSSR count). The average molecular weight is 448 g/mol. The highest BCUT2D eigenvalue weighted by Gasteiger charge is 2.21. The van der Waals surface area contributed by atoms with E-state index >= 15 is 0 Å². The summed E-state index contributed by atoms with van der Waals surface area (Å²) >= 11 is 0. The summed E-state index contributed by atoms with van der Waals surface area (Å²) in [6.07, 6.45) is 3.74. The van der Waals surface area contributed by atoms with Crippen LogP contribution in [0.25, 0.3) is 0 Å². The lowest BCUT2D eigenvalue weighted by Crippen LogP contribution is -2.41. The Morgan fingerprint density at radius 2 is 2.09 bits per heavy atom. The molecule has 0 spiro atoms. The van der Waals surface area contributed by atoms with Crippen LogP contribution in [0.15, 0.2) is 4.99 Å². The number of sulfonamides is 1. The van der Waals surface area contributed by atoms with E-state index in [-0.39, 0.29) is 24.0 Å². The van der Waals surface area contributed by atoms with Gasteiger partial charge in [-0.1, -0.05) is 0 Å². The van der Waals surface area contributed by atoms with Gasteiger partial charge in [0.15, 0.2) is 5.96 Å². The number of ether oxygens (including phenoxy) is 1. The van der Waals surface area contributed by atoms with Crippen molar-refractivity contribution in [2.75, 3.05) is 52.7 Å². The maximum atomic E-state index is 11.0. The Balaban J connectivity index is 0.00000441. The summed E-state index contributed by atoms with van der Waals surface area (Å²) in [6.45, 7) is 5.78. The van der Waals surface area contributed by atoms with Gasteiger partial charge in [0.1, 0.15) is 0 Å². The molecule has 0 aromatic carbocycles.